The Morgan fingerprint density at radius 1 is 0.264 bits per heavy atom. The van der Waals surface area contributed by atoms with Crippen LogP contribution < -0.4 is 51.3 Å². The summed E-state index contributed by atoms with van der Waals surface area (Å²) in [5.41, 5.74) is 7.95. The minimum atomic E-state index is -3.22. The highest BCUT2D eigenvalue weighted by molar-refractivity contribution is 7.24. The maximum atomic E-state index is 2.63. The smallest absolute Gasteiger partial charge is 0.180 e. The molecule has 0 bridgehead atoms. The second-order valence-electron chi connectivity index (χ2n) is 19.7. The second-order valence-corrected chi connectivity index (χ2v) is 27.1. The molecule has 0 amide bonds. The van der Waals surface area contributed by atoms with Gasteiger partial charge in [-0.05, 0) is 136 Å². The molecule has 2 aliphatic rings. The predicted octanol–water partition coefficient (Wildman–Crippen LogP) is 10.9. The van der Waals surface area contributed by atoms with Crippen LogP contribution in [0.4, 0.5) is 22.7 Å². The Labute approximate surface area is 426 Å². The zero-order valence-corrected chi connectivity index (χ0v) is 42.5. The molecule has 0 unspecified atom stereocenters. The van der Waals surface area contributed by atoms with Crippen LogP contribution in [0.3, 0.4) is 0 Å². The van der Waals surface area contributed by atoms with Crippen LogP contribution in [0.15, 0.2) is 267 Å². The molecule has 0 spiro atoms. The summed E-state index contributed by atoms with van der Waals surface area (Å²) in [6, 6.07) is 103. The number of anilines is 4. The first-order valence-electron chi connectivity index (χ1n) is 25.8. The Bertz CT molecular complexity index is 3260. The molecule has 0 N–H and O–H groups in total. The standard InChI is InChI=1S/C68H56N2Si2/c1-7-29-55(30-8-1)71(56-31-9-2-10-32-56,57-33-11-3-12-34-57)67-61-45-43-54(70-48-24-28-52-26-20-22-42-66(52)70)50-64(61)68(62-46-44-53(49-63(62)67)69-47-23-27-51-25-19-21-41-65(51)69)72(58-35-13-4-14-36-58,59-37-15-5-16-38-59)60-39-17-6-18-40-60/h1-22,25-26,29-46,49-50H,23-24,27-28,47-48H2. The Balaban J connectivity index is 1.29. The summed E-state index contributed by atoms with van der Waals surface area (Å²) in [6.45, 7) is 1.93. The van der Waals surface area contributed by atoms with Crippen LogP contribution in [0.25, 0.3) is 21.5 Å². The average Bonchev–Trinajstić information content (AvgIpc) is 3.47. The van der Waals surface area contributed by atoms with Gasteiger partial charge in [0.15, 0.2) is 16.1 Å². The number of nitrogens with zero attached hydrogens (tertiary/aromatic N) is 2. The first-order valence-corrected chi connectivity index (χ1v) is 29.8. The number of hydrogen-bond donors (Lipinski definition) is 0. The summed E-state index contributed by atoms with van der Waals surface area (Å²) in [5, 5.41) is 16.4. The van der Waals surface area contributed by atoms with Gasteiger partial charge in [-0.2, -0.15) is 0 Å². The lowest BCUT2D eigenvalue weighted by molar-refractivity contribution is 0.767. The lowest BCUT2D eigenvalue weighted by Crippen LogP contribution is -2.77. The number of para-hydroxylation sites is 2. The van der Waals surface area contributed by atoms with Crippen molar-refractivity contribution in [2.24, 2.45) is 0 Å². The molecule has 0 saturated carbocycles. The van der Waals surface area contributed by atoms with Crippen molar-refractivity contribution in [2.45, 2.75) is 25.7 Å². The highest BCUT2D eigenvalue weighted by Crippen LogP contribution is 2.39. The van der Waals surface area contributed by atoms with E-state index in [1.807, 2.05) is 0 Å². The van der Waals surface area contributed by atoms with Crippen molar-refractivity contribution in [2.75, 3.05) is 22.9 Å². The van der Waals surface area contributed by atoms with Crippen LogP contribution in [0.5, 0.6) is 0 Å². The van der Waals surface area contributed by atoms with Crippen LogP contribution in [0.1, 0.15) is 24.0 Å². The third-order valence-corrected chi connectivity index (χ3v) is 25.7. The van der Waals surface area contributed by atoms with Crippen molar-refractivity contribution < 1.29 is 0 Å². The summed E-state index contributed by atoms with van der Waals surface area (Å²) >= 11 is 0. The monoisotopic (exact) mass is 956 g/mol. The summed E-state index contributed by atoms with van der Waals surface area (Å²) in [4.78, 5) is 5.21. The van der Waals surface area contributed by atoms with Crippen molar-refractivity contribution in [1.82, 2.24) is 0 Å². The number of aryl methyl sites for hydroxylation is 2. The molecule has 4 heteroatoms. The number of rotatable bonds is 10. The molecule has 0 aromatic heterocycles. The maximum absolute atomic E-state index is 3.22. The lowest BCUT2D eigenvalue weighted by Gasteiger charge is -2.41. The van der Waals surface area contributed by atoms with Crippen LogP contribution in [-0.4, -0.2) is 29.2 Å². The van der Waals surface area contributed by atoms with Crippen LogP contribution in [0.2, 0.25) is 0 Å². The minimum Gasteiger partial charge on any atom is -0.341 e. The molecule has 13 rings (SSSR count). The van der Waals surface area contributed by atoms with Gasteiger partial charge in [0.2, 0.25) is 0 Å². The molecule has 0 atom stereocenters. The normalized spacial score (nSPS) is 13.7. The molecule has 2 nitrogen and oxygen atoms in total. The molecule has 0 saturated heterocycles. The fourth-order valence-corrected chi connectivity index (χ4v) is 23.3. The van der Waals surface area contributed by atoms with Crippen LogP contribution in [0, 0.1) is 0 Å². The van der Waals surface area contributed by atoms with E-state index in [4.69, 9.17) is 0 Å². The van der Waals surface area contributed by atoms with Gasteiger partial charge in [-0.25, -0.2) is 0 Å². The van der Waals surface area contributed by atoms with Gasteiger partial charge in [-0.3, -0.25) is 0 Å². The van der Waals surface area contributed by atoms with Gasteiger partial charge in [0, 0.05) is 35.8 Å². The van der Waals surface area contributed by atoms with Gasteiger partial charge >= 0.3 is 0 Å². The topological polar surface area (TPSA) is 6.48 Å². The van der Waals surface area contributed by atoms with Crippen molar-refractivity contribution >= 4 is 102 Å². The van der Waals surface area contributed by atoms with E-state index in [1.165, 1.54) is 96.9 Å². The summed E-state index contributed by atoms with van der Waals surface area (Å²) in [7, 11) is -6.45. The fourth-order valence-electron chi connectivity index (χ4n) is 12.9. The molecule has 2 aliphatic heterocycles. The average molecular weight is 957 g/mol. The summed E-state index contributed by atoms with van der Waals surface area (Å²) in [6.07, 6.45) is 4.40. The first kappa shape index (κ1) is 44.0. The van der Waals surface area contributed by atoms with E-state index in [1.54, 1.807) is 0 Å². The van der Waals surface area contributed by atoms with Crippen molar-refractivity contribution in [3.8, 4) is 0 Å². The summed E-state index contributed by atoms with van der Waals surface area (Å²) in [5.74, 6) is 0. The van der Waals surface area contributed by atoms with E-state index < -0.39 is 16.1 Å². The van der Waals surface area contributed by atoms with Gasteiger partial charge in [0.25, 0.3) is 0 Å². The van der Waals surface area contributed by atoms with Crippen molar-refractivity contribution in [3.05, 3.63) is 278 Å². The fraction of sp³-hybridized carbons (Fsp3) is 0.0882. The molecule has 0 aliphatic carbocycles. The molecule has 2 heterocycles. The highest BCUT2D eigenvalue weighted by Gasteiger charge is 2.48. The highest BCUT2D eigenvalue weighted by atomic mass is 28.3. The SMILES string of the molecule is c1ccc([Si](c2ccccc2)(c2ccccc2)c2c3ccc(N4CCCc5ccccc54)cc3c([Si](c3ccccc3)(c3ccccc3)c3ccccc3)c3ccc(N4CCCc5ccccc54)cc23)cc1. The quantitative estimate of drug-likeness (QED) is 0.0766. The maximum Gasteiger partial charge on any atom is 0.180 e. The number of hydrogen-bond acceptors (Lipinski definition) is 2. The number of benzene rings is 11. The largest absolute Gasteiger partial charge is 0.341 e. The number of fused-ring (bicyclic) bond motifs is 4. The van der Waals surface area contributed by atoms with Gasteiger partial charge < -0.3 is 9.80 Å². The molecule has 11 aromatic carbocycles. The molecular formula is C68H56N2Si2. The van der Waals surface area contributed by atoms with E-state index in [0.717, 1.165) is 38.8 Å². The van der Waals surface area contributed by atoms with Crippen LogP contribution >= 0.6 is 0 Å². The third kappa shape index (κ3) is 7.11. The predicted molar refractivity (Wildman–Crippen MR) is 312 cm³/mol. The van der Waals surface area contributed by atoms with Crippen molar-refractivity contribution in [1.29, 1.82) is 0 Å². The van der Waals surface area contributed by atoms with E-state index in [0.29, 0.717) is 0 Å². The Hall–Kier alpha value is -8.03. The Morgan fingerprint density at radius 3 is 0.847 bits per heavy atom. The van der Waals surface area contributed by atoms with Crippen molar-refractivity contribution in [3.63, 3.8) is 0 Å². The zero-order valence-electron chi connectivity index (χ0n) is 40.5. The van der Waals surface area contributed by atoms with Gasteiger partial charge in [0.1, 0.15) is 0 Å². The molecule has 11 aromatic rings. The van der Waals surface area contributed by atoms with E-state index in [-0.39, 0.29) is 0 Å². The Morgan fingerprint density at radius 2 is 0.542 bits per heavy atom. The van der Waals surface area contributed by atoms with E-state index in [2.05, 4.69) is 277 Å². The minimum absolute atomic E-state index is 0.967. The zero-order chi connectivity index (χ0) is 47.9. The van der Waals surface area contributed by atoms with Crippen LogP contribution in [-0.2, 0) is 12.8 Å². The van der Waals surface area contributed by atoms with Gasteiger partial charge in [-0.15, -0.1) is 0 Å². The molecular weight excluding hydrogens is 901 g/mol. The first-order chi connectivity index (χ1) is 35.7. The van der Waals surface area contributed by atoms with Gasteiger partial charge in [0.05, 0.1) is 0 Å². The molecule has 346 valence electrons. The summed E-state index contributed by atoms with van der Waals surface area (Å²) < 4.78 is 0. The second kappa shape index (κ2) is 18.6. The van der Waals surface area contributed by atoms with E-state index in [9.17, 15) is 0 Å². The molecule has 0 radical (unpaired) electrons. The van der Waals surface area contributed by atoms with E-state index >= 15 is 0 Å². The third-order valence-electron chi connectivity index (χ3n) is 15.9. The Kier molecular flexibility index (Phi) is 11.4. The lowest BCUT2D eigenvalue weighted by atomic mass is 9.98. The molecule has 72 heavy (non-hydrogen) atoms. The molecule has 0 fully saturated rings. The van der Waals surface area contributed by atoms with Gasteiger partial charge in [-0.1, -0.05) is 231 Å².